The molecule has 5 heteroatoms. The maximum Gasteiger partial charge on any atom is 0.328 e. The Morgan fingerprint density at radius 2 is 2.24 bits per heavy atom. The molecule has 4 nitrogen and oxygen atoms in total. The van der Waals surface area contributed by atoms with Crippen LogP contribution in [0.25, 0.3) is 0 Å². The van der Waals surface area contributed by atoms with E-state index >= 15 is 0 Å². The largest absolute Gasteiger partial charge is 0.464 e. The second kappa shape index (κ2) is 5.48. The van der Waals surface area contributed by atoms with Crippen molar-refractivity contribution >= 4 is 34.5 Å². The molecular weight excluding hydrogens is 333 g/mol. The van der Waals surface area contributed by atoms with Crippen molar-refractivity contribution in [2.75, 3.05) is 6.61 Å². The Hall–Kier alpha value is -1.11. The normalized spacial score (nSPS) is 18.9. The molecule has 90 valence electrons. The lowest BCUT2D eigenvalue weighted by Gasteiger charge is -2.09. The molecule has 0 radical (unpaired) electrons. The lowest BCUT2D eigenvalue weighted by molar-refractivity contribution is -0.141. The van der Waals surface area contributed by atoms with Gasteiger partial charge in [0.05, 0.1) is 13.0 Å². The Bertz CT molecular complexity index is 447. The zero-order chi connectivity index (χ0) is 12.3. The summed E-state index contributed by atoms with van der Waals surface area (Å²) in [6, 6.07) is 7.22. The van der Waals surface area contributed by atoms with Gasteiger partial charge in [-0.2, -0.15) is 0 Å². The average molecular weight is 345 g/mol. The van der Waals surface area contributed by atoms with Gasteiger partial charge in [0.1, 0.15) is 6.04 Å². The van der Waals surface area contributed by atoms with Crippen LogP contribution in [0.2, 0.25) is 0 Å². The zero-order valence-electron chi connectivity index (χ0n) is 9.11. The number of esters is 1. The Balaban J connectivity index is 1.93. The van der Waals surface area contributed by atoms with E-state index in [9.17, 15) is 9.59 Å². The molecule has 1 amide bonds. The van der Waals surface area contributed by atoms with Crippen LogP contribution in [0.4, 0.5) is 0 Å². The van der Waals surface area contributed by atoms with Crippen molar-refractivity contribution in [1.82, 2.24) is 5.32 Å². The molecule has 1 N–H and O–H groups in total. The summed E-state index contributed by atoms with van der Waals surface area (Å²) in [5.74, 6) is -0.473. The van der Waals surface area contributed by atoms with E-state index in [0.29, 0.717) is 19.4 Å². The van der Waals surface area contributed by atoms with E-state index < -0.39 is 6.04 Å². The van der Waals surface area contributed by atoms with Crippen molar-refractivity contribution in [3.63, 3.8) is 0 Å². The van der Waals surface area contributed by atoms with E-state index in [0.717, 1.165) is 9.13 Å². The summed E-state index contributed by atoms with van der Waals surface area (Å²) in [6.45, 7) is 0.395. The Kier molecular flexibility index (Phi) is 3.98. The van der Waals surface area contributed by atoms with Gasteiger partial charge in [-0.3, -0.25) is 4.79 Å². The van der Waals surface area contributed by atoms with Gasteiger partial charge in [-0.1, -0.05) is 18.2 Å². The molecule has 1 aromatic carbocycles. The predicted molar refractivity (Wildman–Crippen MR) is 70.4 cm³/mol. The van der Waals surface area contributed by atoms with Crippen molar-refractivity contribution < 1.29 is 14.3 Å². The van der Waals surface area contributed by atoms with E-state index in [2.05, 4.69) is 27.9 Å². The molecule has 2 rings (SSSR count). The molecule has 1 atom stereocenters. The minimum Gasteiger partial charge on any atom is -0.464 e. The van der Waals surface area contributed by atoms with E-state index in [1.807, 2.05) is 24.3 Å². The smallest absolute Gasteiger partial charge is 0.328 e. The van der Waals surface area contributed by atoms with Gasteiger partial charge in [0.15, 0.2) is 0 Å². The molecule has 1 aromatic rings. The fourth-order valence-corrected chi connectivity index (χ4v) is 2.27. The molecule has 0 aliphatic carbocycles. The number of hydrogen-bond acceptors (Lipinski definition) is 3. The first-order valence-corrected chi connectivity index (χ1v) is 6.44. The highest BCUT2D eigenvalue weighted by atomic mass is 127. The molecule has 1 saturated heterocycles. The Labute approximate surface area is 113 Å². The first-order chi connectivity index (χ1) is 8.16. The summed E-state index contributed by atoms with van der Waals surface area (Å²) in [7, 11) is 0. The first kappa shape index (κ1) is 12.3. The zero-order valence-corrected chi connectivity index (χ0v) is 11.3. The van der Waals surface area contributed by atoms with E-state index in [1.165, 1.54) is 0 Å². The quantitative estimate of drug-likeness (QED) is 0.663. The van der Waals surface area contributed by atoms with Crippen LogP contribution >= 0.6 is 22.6 Å². The monoisotopic (exact) mass is 345 g/mol. The van der Waals surface area contributed by atoms with Crippen molar-refractivity contribution in [1.29, 1.82) is 0 Å². The van der Waals surface area contributed by atoms with Crippen LogP contribution in [0.5, 0.6) is 0 Å². The topological polar surface area (TPSA) is 55.4 Å². The molecule has 0 aromatic heterocycles. The second-order valence-electron chi connectivity index (χ2n) is 3.84. The fourth-order valence-electron chi connectivity index (χ4n) is 1.69. The molecule has 0 spiro atoms. The highest BCUT2D eigenvalue weighted by Crippen LogP contribution is 2.12. The molecule has 1 aliphatic heterocycles. The molecule has 0 saturated carbocycles. The lowest BCUT2D eigenvalue weighted by atomic mass is 10.1. The van der Waals surface area contributed by atoms with Crippen molar-refractivity contribution in [2.24, 2.45) is 0 Å². The van der Waals surface area contributed by atoms with Gasteiger partial charge in [-0.25, -0.2) is 4.79 Å². The number of carbonyl (C=O) groups excluding carboxylic acids is 2. The standard InChI is InChI=1S/C12H12INO3/c13-9-4-2-1-3-8(9)7-11(15)14-10-5-6-17-12(10)16/h1-4,10H,5-7H2,(H,14,15)/t10-/m1/s1. The number of hydrogen-bond donors (Lipinski definition) is 1. The molecule has 1 heterocycles. The van der Waals surface area contributed by atoms with Crippen molar-refractivity contribution in [3.05, 3.63) is 33.4 Å². The molecule has 0 bridgehead atoms. The van der Waals surface area contributed by atoms with Gasteiger partial charge in [-0.15, -0.1) is 0 Å². The summed E-state index contributed by atoms with van der Waals surface area (Å²) in [5, 5.41) is 2.69. The number of nitrogens with one attached hydrogen (secondary N) is 1. The molecule has 0 unspecified atom stereocenters. The van der Waals surface area contributed by atoms with Gasteiger partial charge in [0.2, 0.25) is 5.91 Å². The molecule has 1 fully saturated rings. The minimum atomic E-state index is -0.469. The minimum absolute atomic E-state index is 0.141. The number of rotatable bonds is 3. The summed E-state index contributed by atoms with van der Waals surface area (Å²) < 4.78 is 5.84. The highest BCUT2D eigenvalue weighted by Gasteiger charge is 2.27. The van der Waals surface area contributed by atoms with E-state index in [-0.39, 0.29) is 11.9 Å². The summed E-state index contributed by atoms with van der Waals surface area (Å²) in [5.41, 5.74) is 0.969. The van der Waals surface area contributed by atoms with Crippen LogP contribution < -0.4 is 5.32 Å². The number of halogens is 1. The van der Waals surface area contributed by atoms with Crippen LogP contribution in [0, 0.1) is 3.57 Å². The van der Waals surface area contributed by atoms with Crippen molar-refractivity contribution in [3.8, 4) is 0 Å². The van der Waals surface area contributed by atoms with Crippen LogP contribution in [-0.2, 0) is 20.7 Å². The van der Waals surface area contributed by atoms with Crippen LogP contribution in [0.3, 0.4) is 0 Å². The number of cyclic esters (lactones) is 1. The van der Waals surface area contributed by atoms with E-state index in [4.69, 9.17) is 4.74 Å². The van der Waals surface area contributed by atoms with Gasteiger partial charge in [0.25, 0.3) is 0 Å². The number of benzene rings is 1. The molecular formula is C12H12INO3. The number of carbonyl (C=O) groups is 2. The SMILES string of the molecule is O=C(Cc1ccccc1I)N[C@@H]1CCOC1=O. The lowest BCUT2D eigenvalue weighted by Crippen LogP contribution is -2.38. The van der Waals surface area contributed by atoms with Gasteiger partial charge < -0.3 is 10.1 Å². The number of amides is 1. The van der Waals surface area contributed by atoms with Crippen LogP contribution in [0.15, 0.2) is 24.3 Å². The van der Waals surface area contributed by atoms with Gasteiger partial charge in [-0.05, 0) is 34.2 Å². The summed E-state index contributed by atoms with van der Waals surface area (Å²) in [4.78, 5) is 22.9. The predicted octanol–water partition coefficient (Wildman–Crippen LogP) is 1.27. The highest BCUT2D eigenvalue weighted by molar-refractivity contribution is 14.1. The maximum absolute atomic E-state index is 11.7. The maximum atomic E-state index is 11.7. The third-order valence-corrected chi connectivity index (χ3v) is 3.63. The Morgan fingerprint density at radius 1 is 1.47 bits per heavy atom. The van der Waals surface area contributed by atoms with Crippen molar-refractivity contribution in [2.45, 2.75) is 18.9 Å². The van der Waals surface area contributed by atoms with Crippen LogP contribution in [0.1, 0.15) is 12.0 Å². The second-order valence-corrected chi connectivity index (χ2v) is 5.01. The summed E-state index contributed by atoms with van der Waals surface area (Å²) >= 11 is 2.19. The Morgan fingerprint density at radius 3 is 2.88 bits per heavy atom. The van der Waals surface area contributed by atoms with Gasteiger partial charge in [0, 0.05) is 9.99 Å². The molecule has 1 aliphatic rings. The fraction of sp³-hybridized carbons (Fsp3) is 0.333. The first-order valence-electron chi connectivity index (χ1n) is 5.36. The molecule has 17 heavy (non-hydrogen) atoms. The van der Waals surface area contributed by atoms with E-state index in [1.54, 1.807) is 0 Å². The van der Waals surface area contributed by atoms with Gasteiger partial charge >= 0.3 is 5.97 Å². The summed E-state index contributed by atoms with van der Waals surface area (Å²) in [6.07, 6.45) is 0.860. The number of ether oxygens (including phenoxy) is 1. The van der Waals surface area contributed by atoms with Crippen LogP contribution in [-0.4, -0.2) is 24.5 Å². The third-order valence-electron chi connectivity index (χ3n) is 2.58. The average Bonchev–Trinajstić information content (AvgIpc) is 2.68. The third kappa shape index (κ3) is 3.18.